The van der Waals surface area contributed by atoms with Gasteiger partial charge in [0.25, 0.3) is 0 Å². The lowest BCUT2D eigenvalue weighted by atomic mass is 10.2. The average molecular weight is 268 g/mol. The molecule has 0 spiro atoms. The molecule has 0 saturated carbocycles. The van der Waals surface area contributed by atoms with Crippen molar-refractivity contribution in [1.82, 2.24) is 0 Å². The summed E-state index contributed by atoms with van der Waals surface area (Å²) >= 11 is 3.36. The summed E-state index contributed by atoms with van der Waals surface area (Å²) in [6, 6.07) is 7.77. The Kier molecular flexibility index (Phi) is 5.12. The third kappa shape index (κ3) is 4.79. The van der Waals surface area contributed by atoms with Gasteiger partial charge in [-0.2, -0.15) is 0 Å². The van der Waals surface area contributed by atoms with Crippen LogP contribution in [-0.2, 0) is 4.79 Å². The summed E-state index contributed by atoms with van der Waals surface area (Å²) in [7, 11) is 0. The van der Waals surface area contributed by atoms with E-state index in [-0.39, 0.29) is 5.91 Å². The molecule has 0 aliphatic heterocycles. The number of amides is 1. The molecule has 0 aromatic heterocycles. The van der Waals surface area contributed by atoms with Crippen LogP contribution >= 0.6 is 15.9 Å². The molecule has 1 aromatic carbocycles. The maximum atomic E-state index is 10.8. The minimum atomic E-state index is -0.0448. The standard InChI is InChI=1S/C12H14BrNO/c1-10(15)14-12-7-4-6-11(9-12)5-2-3-8-13/h2,4-7,9H,3,8H2,1H3,(H,14,15). The van der Waals surface area contributed by atoms with Crippen LogP contribution in [0.2, 0.25) is 0 Å². The molecule has 80 valence electrons. The summed E-state index contributed by atoms with van der Waals surface area (Å²) in [5.41, 5.74) is 1.94. The Bertz CT molecular complexity index is 360. The number of nitrogens with one attached hydrogen (secondary N) is 1. The second kappa shape index (κ2) is 6.40. The molecule has 0 aliphatic carbocycles. The zero-order chi connectivity index (χ0) is 11.1. The minimum Gasteiger partial charge on any atom is -0.326 e. The smallest absolute Gasteiger partial charge is 0.221 e. The van der Waals surface area contributed by atoms with E-state index in [4.69, 9.17) is 0 Å². The molecular weight excluding hydrogens is 254 g/mol. The van der Waals surface area contributed by atoms with Crippen LogP contribution in [0.4, 0.5) is 5.69 Å². The monoisotopic (exact) mass is 267 g/mol. The molecule has 0 heterocycles. The molecule has 15 heavy (non-hydrogen) atoms. The van der Waals surface area contributed by atoms with E-state index in [9.17, 15) is 4.79 Å². The van der Waals surface area contributed by atoms with Gasteiger partial charge in [-0.1, -0.05) is 40.2 Å². The van der Waals surface area contributed by atoms with E-state index in [1.54, 1.807) is 0 Å². The fourth-order valence-electron chi connectivity index (χ4n) is 1.21. The molecule has 0 fully saturated rings. The van der Waals surface area contributed by atoms with Gasteiger partial charge < -0.3 is 5.32 Å². The molecule has 0 bridgehead atoms. The van der Waals surface area contributed by atoms with Gasteiger partial charge in [-0.25, -0.2) is 0 Å². The number of benzene rings is 1. The number of allylic oxidation sites excluding steroid dienone is 1. The summed E-state index contributed by atoms with van der Waals surface area (Å²) in [6.07, 6.45) is 5.15. The molecule has 0 aliphatic rings. The summed E-state index contributed by atoms with van der Waals surface area (Å²) in [5, 5.41) is 3.72. The van der Waals surface area contributed by atoms with E-state index >= 15 is 0 Å². The highest BCUT2D eigenvalue weighted by Crippen LogP contribution is 2.12. The maximum absolute atomic E-state index is 10.8. The summed E-state index contributed by atoms with van der Waals surface area (Å²) in [6.45, 7) is 1.51. The zero-order valence-electron chi connectivity index (χ0n) is 8.66. The van der Waals surface area contributed by atoms with Crippen molar-refractivity contribution in [3.63, 3.8) is 0 Å². The quantitative estimate of drug-likeness (QED) is 0.832. The molecular formula is C12H14BrNO. The topological polar surface area (TPSA) is 29.1 Å². The number of anilines is 1. The lowest BCUT2D eigenvalue weighted by Crippen LogP contribution is -2.05. The number of carbonyl (C=O) groups excluding carboxylic acids is 1. The molecule has 1 N–H and O–H groups in total. The van der Waals surface area contributed by atoms with E-state index in [1.807, 2.05) is 30.3 Å². The lowest BCUT2D eigenvalue weighted by Gasteiger charge is -2.02. The number of halogens is 1. The first-order chi connectivity index (χ1) is 7.22. The normalized spacial score (nSPS) is 10.5. The first-order valence-electron chi connectivity index (χ1n) is 4.82. The minimum absolute atomic E-state index is 0.0448. The molecule has 0 unspecified atom stereocenters. The average Bonchev–Trinajstić information content (AvgIpc) is 2.18. The fourth-order valence-corrected chi connectivity index (χ4v) is 1.47. The number of hydrogen-bond donors (Lipinski definition) is 1. The maximum Gasteiger partial charge on any atom is 0.221 e. The molecule has 0 atom stereocenters. The molecule has 1 amide bonds. The van der Waals surface area contributed by atoms with Gasteiger partial charge in [0.15, 0.2) is 0 Å². The Morgan fingerprint density at radius 2 is 2.33 bits per heavy atom. The van der Waals surface area contributed by atoms with E-state index in [2.05, 4.69) is 27.3 Å². The first kappa shape index (κ1) is 12.0. The molecule has 3 heteroatoms. The van der Waals surface area contributed by atoms with E-state index in [0.717, 1.165) is 23.0 Å². The van der Waals surface area contributed by atoms with E-state index in [1.165, 1.54) is 6.92 Å². The zero-order valence-corrected chi connectivity index (χ0v) is 10.3. The van der Waals surface area contributed by atoms with Gasteiger partial charge in [-0.15, -0.1) is 0 Å². The highest BCUT2D eigenvalue weighted by molar-refractivity contribution is 9.09. The predicted molar refractivity (Wildman–Crippen MR) is 68.2 cm³/mol. The van der Waals surface area contributed by atoms with Gasteiger partial charge in [-0.05, 0) is 24.1 Å². The van der Waals surface area contributed by atoms with Crippen LogP contribution in [0.25, 0.3) is 6.08 Å². The van der Waals surface area contributed by atoms with Gasteiger partial charge in [-0.3, -0.25) is 4.79 Å². The Morgan fingerprint density at radius 3 is 3.00 bits per heavy atom. The van der Waals surface area contributed by atoms with Crippen LogP contribution in [0.1, 0.15) is 18.9 Å². The predicted octanol–water partition coefficient (Wildman–Crippen LogP) is 3.44. The summed E-state index contributed by atoms with van der Waals surface area (Å²) in [4.78, 5) is 10.8. The Labute approximate surface area is 98.5 Å². The van der Waals surface area contributed by atoms with Crippen molar-refractivity contribution in [3.8, 4) is 0 Å². The molecule has 1 rings (SSSR count). The second-order valence-electron chi connectivity index (χ2n) is 3.19. The van der Waals surface area contributed by atoms with Crippen molar-refractivity contribution in [1.29, 1.82) is 0 Å². The van der Waals surface area contributed by atoms with Crippen LogP contribution in [0.15, 0.2) is 30.3 Å². The Morgan fingerprint density at radius 1 is 1.53 bits per heavy atom. The van der Waals surface area contributed by atoms with Crippen LogP contribution in [0, 0.1) is 0 Å². The molecule has 0 radical (unpaired) electrons. The largest absolute Gasteiger partial charge is 0.326 e. The van der Waals surface area contributed by atoms with Gasteiger partial charge in [0, 0.05) is 17.9 Å². The number of hydrogen-bond acceptors (Lipinski definition) is 1. The number of carbonyl (C=O) groups is 1. The highest BCUT2D eigenvalue weighted by atomic mass is 79.9. The molecule has 1 aromatic rings. The molecule has 0 saturated heterocycles. The third-order valence-electron chi connectivity index (χ3n) is 1.79. The van der Waals surface area contributed by atoms with Crippen LogP contribution in [0.5, 0.6) is 0 Å². The fraction of sp³-hybridized carbons (Fsp3) is 0.250. The van der Waals surface area contributed by atoms with Crippen molar-refractivity contribution < 1.29 is 4.79 Å². The van der Waals surface area contributed by atoms with E-state index < -0.39 is 0 Å². The number of alkyl halides is 1. The van der Waals surface area contributed by atoms with Crippen LogP contribution in [-0.4, -0.2) is 11.2 Å². The van der Waals surface area contributed by atoms with Gasteiger partial charge in [0.05, 0.1) is 0 Å². The van der Waals surface area contributed by atoms with E-state index in [0.29, 0.717) is 0 Å². The van der Waals surface area contributed by atoms with Crippen molar-refractivity contribution in [2.24, 2.45) is 0 Å². The first-order valence-corrected chi connectivity index (χ1v) is 5.94. The Balaban J connectivity index is 2.69. The number of rotatable bonds is 4. The highest BCUT2D eigenvalue weighted by Gasteiger charge is 1.94. The van der Waals surface area contributed by atoms with Gasteiger partial charge >= 0.3 is 0 Å². The summed E-state index contributed by atoms with van der Waals surface area (Å²) in [5.74, 6) is -0.0448. The van der Waals surface area contributed by atoms with Gasteiger partial charge in [0.2, 0.25) is 5.91 Å². The van der Waals surface area contributed by atoms with Crippen LogP contribution < -0.4 is 5.32 Å². The second-order valence-corrected chi connectivity index (χ2v) is 3.98. The summed E-state index contributed by atoms with van der Waals surface area (Å²) < 4.78 is 0. The van der Waals surface area contributed by atoms with Crippen molar-refractivity contribution in [2.75, 3.05) is 10.6 Å². The SMILES string of the molecule is CC(=O)Nc1cccc(C=CCCBr)c1. The van der Waals surface area contributed by atoms with Crippen molar-refractivity contribution in [2.45, 2.75) is 13.3 Å². The third-order valence-corrected chi connectivity index (χ3v) is 2.25. The van der Waals surface area contributed by atoms with Gasteiger partial charge in [0.1, 0.15) is 0 Å². The van der Waals surface area contributed by atoms with Crippen LogP contribution in [0.3, 0.4) is 0 Å². The lowest BCUT2D eigenvalue weighted by molar-refractivity contribution is -0.114. The molecule has 2 nitrogen and oxygen atoms in total. The Hall–Kier alpha value is -1.09. The van der Waals surface area contributed by atoms with Crippen molar-refractivity contribution >= 4 is 33.6 Å². The van der Waals surface area contributed by atoms with Crippen molar-refractivity contribution in [3.05, 3.63) is 35.9 Å².